The van der Waals surface area contributed by atoms with Crippen LogP contribution in [0.3, 0.4) is 0 Å². The van der Waals surface area contributed by atoms with Crippen molar-refractivity contribution in [3.05, 3.63) is 12.2 Å². The molecule has 134 valence electrons. The summed E-state index contributed by atoms with van der Waals surface area (Å²) in [7, 11) is 0. The number of aliphatic carboxylic acids is 1. The van der Waals surface area contributed by atoms with Crippen LogP contribution >= 0.6 is 0 Å². The molecule has 0 heterocycles. The van der Waals surface area contributed by atoms with Gasteiger partial charge in [0.15, 0.2) is 0 Å². The molecule has 1 saturated carbocycles. The van der Waals surface area contributed by atoms with Gasteiger partial charge in [0, 0.05) is 25.2 Å². The average Bonchev–Trinajstić information content (AvgIpc) is 2.88. The maximum Gasteiger partial charge on any atom is 0.326 e. The molecule has 0 spiro atoms. The van der Waals surface area contributed by atoms with E-state index in [-0.39, 0.29) is 35.9 Å². The first kappa shape index (κ1) is 20.1. The molecule has 0 bridgehead atoms. The molecule has 6 nitrogen and oxygen atoms in total. The Morgan fingerprint density at radius 1 is 1.38 bits per heavy atom. The van der Waals surface area contributed by atoms with Gasteiger partial charge in [-0.1, -0.05) is 32.4 Å². The van der Waals surface area contributed by atoms with Crippen LogP contribution < -0.4 is 5.32 Å². The number of aldehydes is 1. The molecule has 24 heavy (non-hydrogen) atoms. The van der Waals surface area contributed by atoms with Gasteiger partial charge in [-0.2, -0.15) is 0 Å². The van der Waals surface area contributed by atoms with Gasteiger partial charge in [-0.05, 0) is 24.7 Å². The Hall–Kier alpha value is -1.98. The van der Waals surface area contributed by atoms with E-state index in [0.717, 1.165) is 6.29 Å². The lowest BCUT2D eigenvalue weighted by Crippen LogP contribution is -2.45. The molecule has 1 rings (SSSR count). The number of carbonyl (C=O) groups excluding carboxylic acids is 3. The predicted molar refractivity (Wildman–Crippen MR) is 89.3 cm³/mol. The number of rotatable bonds is 10. The van der Waals surface area contributed by atoms with Crippen LogP contribution in [0.25, 0.3) is 0 Å². The van der Waals surface area contributed by atoms with E-state index >= 15 is 0 Å². The van der Waals surface area contributed by atoms with Gasteiger partial charge in [-0.3, -0.25) is 9.59 Å². The van der Waals surface area contributed by atoms with Gasteiger partial charge < -0.3 is 15.2 Å². The first-order chi connectivity index (χ1) is 11.4. The van der Waals surface area contributed by atoms with Gasteiger partial charge in [-0.15, -0.1) is 0 Å². The first-order valence-electron chi connectivity index (χ1n) is 8.54. The topological polar surface area (TPSA) is 101 Å². The van der Waals surface area contributed by atoms with E-state index in [1.807, 2.05) is 13.0 Å². The van der Waals surface area contributed by atoms with Crippen molar-refractivity contribution in [2.75, 3.05) is 0 Å². The van der Waals surface area contributed by atoms with Crippen molar-refractivity contribution in [2.45, 2.75) is 58.4 Å². The third kappa shape index (κ3) is 5.91. The van der Waals surface area contributed by atoms with Crippen molar-refractivity contribution in [3.63, 3.8) is 0 Å². The van der Waals surface area contributed by atoms with Crippen molar-refractivity contribution in [2.24, 2.45) is 17.8 Å². The lowest BCUT2D eigenvalue weighted by molar-refractivity contribution is -0.143. The molecule has 0 aromatic rings. The van der Waals surface area contributed by atoms with Crippen molar-refractivity contribution in [3.8, 4) is 0 Å². The highest BCUT2D eigenvalue weighted by Gasteiger charge is 2.35. The fourth-order valence-electron chi connectivity index (χ4n) is 3.09. The lowest BCUT2D eigenvalue weighted by Gasteiger charge is -2.22. The number of ketones is 1. The molecular formula is C18H27NO5. The maximum atomic E-state index is 12.2. The Labute approximate surface area is 142 Å². The molecule has 4 atom stereocenters. The zero-order valence-electron chi connectivity index (χ0n) is 14.4. The zero-order chi connectivity index (χ0) is 18.1. The van der Waals surface area contributed by atoms with E-state index in [4.69, 9.17) is 0 Å². The highest BCUT2D eigenvalue weighted by molar-refractivity contribution is 5.87. The minimum absolute atomic E-state index is 0.0650. The molecule has 0 radical (unpaired) electrons. The largest absolute Gasteiger partial charge is 0.480 e. The minimum atomic E-state index is -1.03. The Morgan fingerprint density at radius 2 is 2.08 bits per heavy atom. The second-order valence-corrected chi connectivity index (χ2v) is 6.45. The Bertz CT molecular complexity index is 500. The molecular weight excluding hydrogens is 310 g/mol. The molecule has 2 N–H and O–H groups in total. The van der Waals surface area contributed by atoms with E-state index in [1.54, 1.807) is 13.0 Å². The van der Waals surface area contributed by atoms with Crippen LogP contribution in [0.2, 0.25) is 0 Å². The fraction of sp³-hybridized carbons (Fsp3) is 0.667. The second-order valence-electron chi connectivity index (χ2n) is 6.45. The number of hydrogen-bond acceptors (Lipinski definition) is 4. The van der Waals surface area contributed by atoms with Gasteiger partial charge in [-0.25, -0.2) is 4.79 Å². The molecule has 0 unspecified atom stereocenters. The second kappa shape index (κ2) is 10.0. The summed E-state index contributed by atoms with van der Waals surface area (Å²) < 4.78 is 0. The van der Waals surface area contributed by atoms with Gasteiger partial charge in [0.25, 0.3) is 0 Å². The minimum Gasteiger partial charge on any atom is -0.480 e. The van der Waals surface area contributed by atoms with Crippen molar-refractivity contribution in [1.29, 1.82) is 0 Å². The Balaban J connectivity index is 2.61. The van der Waals surface area contributed by atoms with Crippen LogP contribution in [0.15, 0.2) is 12.2 Å². The van der Waals surface area contributed by atoms with E-state index in [0.29, 0.717) is 32.1 Å². The third-order valence-corrected chi connectivity index (χ3v) is 4.78. The molecule has 0 saturated heterocycles. The van der Waals surface area contributed by atoms with Crippen molar-refractivity contribution < 1.29 is 24.3 Å². The van der Waals surface area contributed by atoms with Gasteiger partial charge in [0.05, 0.1) is 0 Å². The summed E-state index contributed by atoms with van der Waals surface area (Å²) in [6.45, 7) is 3.67. The number of carboxylic acids is 1. The number of allylic oxidation sites excluding steroid dienone is 2. The third-order valence-electron chi connectivity index (χ3n) is 4.78. The standard InChI is InChI=1S/C18H27NO5/c1-3-12(2)17(18(23)24)19-16(22)11-13-8-9-15(21)14(13)7-5-4-6-10-20/h4-5,10,12-14,17H,3,6-9,11H2,1-2H3,(H,19,22)(H,23,24)/b5-4-/t12-,13+,14-,17-/m0/s1. The van der Waals surface area contributed by atoms with Crippen molar-refractivity contribution >= 4 is 23.9 Å². The average molecular weight is 337 g/mol. The molecule has 0 aromatic heterocycles. The van der Waals surface area contributed by atoms with Crippen molar-refractivity contribution in [1.82, 2.24) is 5.32 Å². The molecule has 0 aromatic carbocycles. The summed E-state index contributed by atoms with van der Waals surface area (Å²) in [6, 6.07) is -0.898. The van der Waals surface area contributed by atoms with Crippen LogP contribution in [-0.2, 0) is 19.2 Å². The smallest absolute Gasteiger partial charge is 0.326 e. The molecule has 1 fully saturated rings. The van der Waals surface area contributed by atoms with Gasteiger partial charge >= 0.3 is 5.97 Å². The van der Waals surface area contributed by atoms with Crippen LogP contribution in [0.4, 0.5) is 0 Å². The highest BCUT2D eigenvalue weighted by Crippen LogP contribution is 2.34. The van der Waals surface area contributed by atoms with E-state index in [2.05, 4.69) is 5.32 Å². The summed E-state index contributed by atoms with van der Waals surface area (Å²) in [5, 5.41) is 11.8. The zero-order valence-corrected chi connectivity index (χ0v) is 14.4. The predicted octanol–water partition coefficient (Wildman–Crippen LogP) is 2.12. The quantitative estimate of drug-likeness (QED) is 0.470. The van der Waals surface area contributed by atoms with Crippen LogP contribution in [0.5, 0.6) is 0 Å². The summed E-state index contributed by atoms with van der Waals surface area (Å²) in [5.41, 5.74) is 0. The number of amides is 1. The van der Waals surface area contributed by atoms with Gasteiger partial charge in [0.1, 0.15) is 18.1 Å². The summed E-state index contributed by atoms with van der Waals surface area (Å²) in [6.07, 6.45) is 7.10. The highest BCUT2D eigenvalue weighted by atomic mass is 16.4. The number of carboxylic acid groups (broad SMARTS) is 1. The van der Waals surface area contributed by atoms with E-state index < -0.39 is 12.0 Å². The van der Waals surface area contributed by atoms with Crippen LogP contribution in [-0.4, -0.2) is 35.1 Å². The fourth-order valence-corrected chi connectivity index (χ4v) is 3.09. The normalized spacial score (nSPS) is 23.2. The van der Waals surface area contributed by atoms with Crippen LogP contribution in [0.1, 0.15) is 52.4 Å². The van der Waals surface area contributed by atoms with E-state index in [9.17, 15) is 24.3 Å². The number of hydrogen-bond donors (Lipinski definition) is 2. The first-order valence-corrected chi connectivity index (χ1v) is 8.54. The summed E-state index contributed by atoms with van der Waals surface area (Å²) >= 11 is 0. The number of carbonyl (C=O) groups is 4. The monoisotopic (exact) mass is 337 g/mol. The molecule has 1 aliphatic carbocycles. The lowest BCUT2D eigenvalue weighted by atomic mass is 9.89. The molecule has 1 aliphatic rings. The Kier molecular flexibility index (Phi) is 8.36. The number of nitrogens with one attached hydrogen (secondary N) is 1. The molecule has 0 aliphatic heterocycles. The van der Waals surface area contributed by atoms with Crippen LogP contribution in [0, 0.1) is 17.8 Å². The maximum absolute atomic E-state index is 12.2. The summed E-state index contributed by atoms with van der Waals surface area (Å²) in [4.78, 5) is 45.8. The molecule has 6 heteroatoms. The Morgan fingerprint density at radius 3 is 2.67 bits per heavy atom. The van der Waals surface area contributed by atoms with Gasteiger partial charge in [0.2, 0.25) is 5.91 Å². The molecule has 1 amide bonds. The number of Topliss-reactive ketones (excluding diaryl/α,β-unsaturated/α-hetero) is 1. The van der Waals surface area contributed by atoms with E-state index in [1.165, 1.54) is 0 Å². The summed E-state index contributed by atoms with van der Waals surface area (Å²) in [5.74, 6) is -1.65. The SMILES string of the molecule is CC[C@H](C)[C@H](NC(=O)C[C@H]1CCC(=O)[C@H]1C/C=C\CC=O)C(=O)O.